The summed E-state index contributed by atoms with van der Waals surface area (Å²) in [4.78, 5) is 27.9. The van der Waals surface area contributed by atoms with Crippen LogP contribution in [0.4, 0.5) is 5.88 Å². The molecule has 1 amide bonds. The summed E-state index contributed by atoms with van der Waals surface area (Å²) in [5.41, 5.74) is 0.818. The van der Waals surface area contributed by atoms with E-state index in [2.05, 4.69) is 0 Å². The van der Waals surface area contributed by atoms with Crippen LogP contribution < -0.4 is 10.3 Å². The van der Waals surface area contributed by atoms with E-state index >= 15 is 0 Å². The van der Waals surface area contributed by atoms with Gasteiger partial charge in [0.25, 0.3) is 5.91 Å². The number of fused-ring (bicyclic) bond motifs is 1. The van der Waals surface area contributed by atoms with Crippen molar-refractivity contribution in [3.8, 4) is 0 Å². The lowest BCUT2D eigenvalue weighted by Gasteiger charge is -2.31. The van der Waals surface area contributed by atoms with E-state index in [9.17, 15) is 9.59 Å². The summed E-state index contributed by atoms with van der Waals surface area (Å²) in [6.45, 7) is 3.98. The Labute approximate surface area is 134 Å². The number of rotatable bonds is 2. The summed E-state index contributed by atoms with van der Waals surface area (Å²) in [6.07, 6.45) is 0.102. The third-order valence-corrected chi connectivity index (χ3v) is 3.92. The van der Waals surface area contributed by atoms with Crippen molar-refractivity contribution in [3.63, 3.8) is 0 Å². The van der Waals surface area contributed by atoms with Gasteiger partial charge in [0.1, 0.15) is 5.58 Å². The normalized spacial score (nSPS) is 18.2. The van der Waals surface area contributed by atoms with Gasteiger partial charge in [0.15, 0.2) is 11.3 Å². The number of nitrogens with zero attached hydrogens (tertiary/aromatic N) is 2. The standard InChI is InChI=1S/C17H20N2O4/c1-11-10-19(6-7-22-11)16-9-14(20)13-8-12(17(21)18(2)3)4-5-15(13)23-16/h4-5,8-9,11H,6-7,10H2,1-3H3. The lowest BCUT2D eigenvalue weighted by molar-refractivity contribution is 0.0517. The monoisotopic (exact) mass is 316 g/mol. The Morgan fingerprint density at radius 2 is 2.09 bits per heavy atom. The third-order valence-electron chi connectivity index (χ3n) is 3.92. The Balaban J connectivity index is 2.01. The summed E-state index contributed by atoms with van der Waals surface area (Å²) in [5, 5.41) is 0.419. The molecule has 1 fully saturated rings. The molecule has 1 aliphatic heterocycles. The van der Waals surface area contributed by atoms with Crippen molar-refractivity contribution in [3.05, 3.63) is 40.1 Å². The van der Waals surface area contributed by atoms with Gasteiger partial charge in [-0.15, -0.1) is 0 Å². The van der Waals surface area contributed by atoms with Gasteiger partial charge in [0.05, 0.1) is 18.1 Å². The van der Waals surface area contributed by atoms with E-state index in [0.29, 0.717) is 42.1 Å². The smallest absolute Gasteiger partial charge is 0.253 e. The molecular weight excluding hydrogens is 296 g/mol. The van der Waals surface area contributed by atoms with Crippen LogP contribution in [0, 0.1) is 0 Å². The van der Waals surface area contributed by atoms with E-state index in [4.69, 9.17) is 9.15 Å². The molecular formula is C17H20N2O4. The molecule has 0 bridgehead atoms. The molecule has 1 aromatic carbocycles. The van der Waals surface area contributed by atoms with Gasteiger partial charge in [0.2, 0.25) is 0 Å². The fraction of sp³-hybridized carbons (Fsp3) is 0.412. The van der Waals surface area contributed by atoms with Crippen LogP contribution in [0.2, 0.25) is 0 Å². The Hall–Kier alpha value is -2.34. The zero-order chi connectivity index (χ0) is 16.6. The maximum Gasteiger partial charge on any atom is 0.253 e. The average Bonchev–Trinajstić information content (AvgIpc) is 2.53. The van der Waals surface area contributed by atoms with E-state index in [1.54, 1.807) is 32.3 Å². The van der Waals surface area contributed by atoms with Gasteiger partial charge in [-0.25, -0.2) is 0 Å². The average molecular weight is 316 g/mol. The van der Waals surface area contributed by atoms with Crippen LogP contribution in [0.3, 0.4) is 0 Å². The number of carbonyl (C=O) groups is 1. The lowest BCUT2D eigenvalue weighted by Crippen LogP contribution is -2.41. The van der Waals surface area contributed by atoms with Crippen LogP contribution in [0.25, 0.3) is 11.0 Å². The zero-order valence-corrected chi connectivity index (χ0v) is 13.5. The highest BCUT2D eigenvalue weighted by molar-refractivity contribution is 5.97. The van der Waals surface area contributed by atoms with Crippen LogP contribution in [-0.4, -0.2) is 50.7 Å². The molecule has 122 valence electrons. The Bertz CT molecular complexity index is 797. The maximum absolute atomic E-state index is 12.4. The second-order valence-corrected chi connectivity index (χ2v) is 5.99. The Kier molecular flexibility index (Phi) is 4.09. The van der Waals surface area contributed by atoms with Gasteiger partial charge >= 0.3 is 0 Å². The molecule has 23 heavy (non-hydrogen) atoms. The van der Waals surface area contributed by atoms with Gasteiger partial charge < -0.3 is 19.0 Å². The number of anilines is 1. The summed E-state index contributed by atoms with van der Waals surface area (Å²) >= 11 is 0. The highest BCUT2D eigenvalue weighted by atomic mass is 16.5. The fourth-order valence-corrected chi connectivity index (χ4v) is 2.71. The number of hydrogen-bond acceptors (Lipinski definition) is 5. The largest absolute Gasteiger partial charge is 0.440 e. The molecule has 6 nitrogen and oxygen atoms in total. The first-order chi connectivity index (χ1) is 11.0. The molecule has 0 N–H and O–H groups in total. The SMILES string of the molecule is CC1CN(c2cc(=O)c3cc(C(=O)N(C)C)ccc3o2)CCO1. The second-order valence-electron chi connectivity index (χ2n) is 5.99. The molecule has 0 aliphatic carbocycles. The molecule has 0 radical (unpaired) electrons. The van der Waals surface area contributed by atoms with Crippen molar-refractivity contribution >= 4 is 22.8 Å². The van der Waals surface area contributed by atoms with Crippen LogP contribution in [0.5, 0.6) is 0 Å². The molecule has 0 saturated carbocycles. The van der Waals surface area contributed by atoms with Crippen molar-refractivity contribution in [2.24, 2.45) is 0 Å². The van der Waals surface area contributed by atoms with Crippen LogP contribution in [0.1, 0.15) is 17.3 Å². The van der Waals surface area contributed by atoms with E-state index < -0.39 is 0 Å². The minimum atomic E-state index is -0.145. The van der Waals surface area contributed by atoms with Crippen molar-refractivity contribution in [2.45, 2.75) is 13.0 Å². The summed E-state index contributed by atoms with van der Waals surface area (Å²) in [6, 6.07) is 6.44. The first-order valence-corrected chi connectivity index (χ1v) is 7.62. The molecule has 2 aromatic rings. The number of carbonyl (C=O) groups excluding carboxylic acids is 1. The van der Waals surface area contributed by atoms with E-state index in [1.807, 2.05) is 11.8 Å². The first-order valence-electron chi connectivity index (χ1n) is 7.62. The minimum absolute atomic E-state index is 0.102. The van der Waals surface area contributed by atoms with Crippen LogP contribution >= 0.6 is 0 Å². The quantitative estimate of drug-likeness (QED) is 0.844. The molecule has 3 rings (SSSR count). The highest BCUT2D eigenvalue weighted by Crippen LogP contribution is 2.22. The molecule has 1 aliphatic rings. The molecule has 1 saturated heterocycles. The van der Waals surface area contributed by atoms with Crippen molar-refractivity contribution in [1.82, 2.24) is 4.90 Å². The predicted molar refractivity (Wildman–Crippen MR) is 88.1 cm³/mol. The minimum Gasteiger partial charge on any atom is -0.440 e. The number of amides is 1. The van der Waals surface area contributed by atoms with Gasteiger partial charge in [-0.3, -0.25) is 9.59 Å². The van der Waals surface area contributed by atoms with Gasteiger partial charge in [-0.1, -0.05) is 0 Å². The van der Waals surface area contributed by atoms with Gasteiger partial charge in [0, 0.05) is 38.8 Å². The molecule has 1 aromatic heterocycles. The number of morpholine rings is 1. The van der Waals surface area contributed by atoms with Crippen LogP contribution in [-0.2, 0) is 4.74 Å². The highest BCUT2D eigenvalue weighted by Gasteiger charge is 2.20. The molecule has 1 unspecified atom stereocenters. The third kappa shape index (κ3) is 3.07. The van der Waals surface area contributed by atoms with Crippen molar-refractivity contribution < 1.29 is 13.9 Å². The molecule has 1 atom stereocenters. The number of benzene rings is 1. The molecule has 0 spiro atoms. The van der Waals surface area contributed by atoms with E-state index in [1.165, 1.54) is 11.0 Å². The zero-order valence-electron chi connectivity index (χ0n) is 13.5. The van der Waals surface area contributed by atoms with Crippen molar-refractivity contribution in [1.29, 1.82) is 0 Å². The first kappa shape index (κ1) is 15.6. The second kappa shape index (κ2) is 6.04. The van der Waals surface area contributed by atoms with E-state index in [0.717, 1.165) is 0 Å². The van der Waals surface area contributed by atoms with Gasteiger partial charge in [-0.2, -0.15) is 0 Å². The van der Waals surface area contributed by atoms with E-state index in [-0.39, 0.29) is 17.4 Å². The topological polar surface area (TPSA) is 63.0 Å². The summed E-state index contributed by atoms with van der Waals surface area (Å²) in [7, 11) is 3.36. The molecule has 6 heteroatoms. The fourth-order valence-electron chi connectivity index (χ4n) is 2.71. The van der Waals surface area contributed by atoms with Crippen LogP contribution in [0.15, 0.2) is 33.5 Å². The lowest BCUT2D eigenvalue weighted by atomic mass is 10.1. The summed E-state index contributed by atoms with van der Waals surface area (Å²) < 4.78 is 11.4. The predicted octanol–water partition coefficient (Wildman–Crippen LogP) is 1.72. The Morgan fingerprint density at radius 1 is 1.30 bits per heavy atom. The van der Waals surface area contributed by atoms with Crippen molar-refractivity contribution in [2.75, 3.05) is 38.7 Å². The summed E-state index contributed by atoms with van der Waals surface area (Å²) in [5.74, 6) is 0.404. The molecule has 2 heterocycles. The maximum atomic E-state index is 12.4. The van der Waals surface area contributed by atoms with Gasteiger partial charge in [-0.05, 0) is 25.1 Å². The number of ether oxygens (including phenoxy) is 1. The number of hydrogen-bond donors (Lipinski definition) is 0. The Morgan fingerprint density at radius 3 is 2.78 bits per heavy atom.